The number of rotatable bonds is 6. The average molecular weight is 242 g/mol. The minimum atomic E-state index is -0.287. The van der Waals surface area contributed by atoms with Crippen molar-refractivity contribution in [2.45, 2.75) is 31.4 Å². The summed E-state index contributed by atoms with van der Waals surface area (Å²) in [5, 5.41) is 3.10. The molecule has 0 aliphatic heterocycles. The topological polar surface area (TPSA) is 24.9 Å². The molecule has 1 heterocycles. The summed E-state index contributed by atoms with van der Waals surface area (Å²) in [5.41, 5.74) is 0. The Kier molecular flexibility index (Phi) is 5.06. The third-order valence-corrected chi connectivity index (χ3v) is 4.65. The number of hydrogen-bond acceptors (Lipinski definition) is 3. The van der Waals surface area contributed by atoms with Crippen molar-refractivity contribution in [2.24, 2.45) is 0 Å². The molecule has 0 aliphatic rings. The van der Waals surface area contributed by atoms with Crippen molar-refractivity contribution in [1.82, 2.24) is 4.98 Å². The van der Waals surface area contributed by atoms with Crippen molar-refractivity contribution >= 4 is 17.6 Å². The molecule has 2 nitrogen and oxygen atoms in total. The van der Waals surface area contributed by atoms with Gasteiger partial charge in [0.1, 0.15) is 0 Å². The van der Waals surface area contributed by atoms with Gasteiger partial charge in [-0.25, -0.2) is 9.37 Å². The van der Waals surface area contributed by atoms with E-state index in [0.29, 0.717) is 5.82 Å². The van der Waals surface area contributed by atoms with Crippen molar-refractivity contribution in [3.05, 3.63) is 24.1 Å². The molecular weight excluding hydrogens is 223 g/mol. The molecule has 0 fully saturated rings. The van der Waals surface area contributed by atoms with Gasteiger partial charge in [0.05, 0.1) is 0 Å². The maximum atomic E-state index is 13.3. The van der Waals surface area contributed by atoms with Crippen LogP contribution in [0.3, 0.4) is 0 Å². The van der Waals surface area contributed by atoms with Crippen LogP contribution in [-0.2, 0) is 0 Å². The lowest BCUT2D eigenvalue weighted by Gasteiger charge is -2.30. The predicted octanol–water partition coefficient (Wildman–Crippen LogP) is 3.55. The van der Waals surface area contributed by atoms with Gasteiger partial charge in [-0.1, -0.05) is 13.8 Å². The Balaban J connectivity index is 2.66. The third kappa shape index (κ3) is 3.11. The van der Waals surface area contributed by atoms with Gasteiger partial charge in [0, 0.05) is 17.5 Å². The van der Waals surface area contributed by atoms with Gasteiger partial charge in [-0.05, 0) is 31.2 Å². The van der Waals surface area contributed by atoms with Crippen LogP contribution in [0.25, 0.3) is 0 Å². The van der Waals surface area contributed by atoms with Gasteiger partial charge in [-0.3, -0.25) is 0 Å². The number of anilines is 1. The summed E-state index contributed by atoms with van der Waals surface area (Å²) < 4.78 is 13.5. The number of pyridine rings is 1. The van der Waals surface area contributed by atoms with Gasteiger partial charge in [0.2, 0.25) is 0 Å². The highest BCUT2D eigenvalue weighted by Gasteiger charge is 2.24. The van der Waals surface area contributed by atoms with Crippen LogP contribution in [0.1, 0.15) is 26.7 Å². The summed E-state index contributed by atoms with van der Waals surface area (Å²) >= 11 is 1.83. The molecule has 0 radical (unpaired) electrons. The first-order valence-electron chi connectivity index (χ1n) is 5.57. The number of aromatic nitrogens is 1. The molecular formula is C12H19FN2S. The molecule has 90 valence electrons. The fraction of sp³-hybridized carbons (Fsp3) is 0.583. The largest absolute Gasteiger partial charge is 0.366 e. The van der Waals surface area contributed by atoms with Gasteiger partial charge in [0.15, 0.2) is 11.6 Å². The van der Waals surface area contributed by atoms with E-state index in [1.54, 1.807) is 12.3 Å². The minimum Gasteiger partial charge on any atom is -0.366 e. The Morgan fingerprint density at radius 3 is 2.62 bits per heavy atom. The number of nitrogens with one attached hydrogen (secondary N) is 1. The molecule has 4 heteroatoms. The van der Waals surface area contributed by atoms with Gasteiger partial charge in [-0.15, -0.1) is 0 Å². The Labute approximate surface area is 101 Å². The summed E-state index contributed by atoms with van der Waals surface area (Å²) in [6, 6.07) is 3.02. The van der Waals surface area contributed by atoms with Crippen molar-refractivity contribution in [3.63, 3.8) is 0 Å². The first kappa shape index (κ1) is 13.3. The first-order chi connectivity index (χ1) is 7.67. The molecule has 0 amide bonds. The molecule has 1 N–H and O–H groups in total. The van der Waals surface area contributed by atoms with E-state index in [2.05, 4.69) is 30.4 Å². The molecule has 1 rings (SSSR count). The summed E-state index contributed by atoms with van der Waals surface area (Å²) in [6.45, 7) is 5.07. The molecule has 0 atom stereocenters. The van der Waals surface area contributed by atoms with Gasteiger partial charge in [-0.2, -0.15) is 11.8 Å². The van der Waals surface area contributed by atoms with Gasteiger partial charge >= 0.3 is 0 Å². The monoisotopic (exact) mass is 242 g/mol. The van der Waals surface area contributed by atoms with E-state index in [1.807, 2.05) is 11.8 Å². The molecule has 0 spiro atoms. The molecule has 0 aliphatic carbocycles. The SMILES string of the molecule is CCC(CC)(CNc1ncccc1F)SC. The minimum absolute atomic E-state index is 0.171. The second kappa shape index (κ2) is 6.09. The van der Waals surface area contributed by atoms with Crippen LogP contribution in [0.2, 0.25) is 0 Å². The fourth-order valence-corrected chi connectivity index (χ4v) is 2.42. The predicted molar refractivity (Wildman–Crippen MR) is 69.5 cm³/mol. The van der Waals surface area contributed by atoms with Crippen LogP contribution in [0.4, 0.5) is 10.2 Å². The highest BCUT2D eigenvalue weighted by Crippen LogP contribution is 2.30. The molecule has 1 aromatic heterocycles. The number of nitrogens with zero attached hydrogens (tertiary/aromatic N) is 1. The summed E-state index contributed by atoms with van der Waals surface area (Å²) in [4.78, 5) is 3.99. The van der Waals surface area contributed by atoms with Crippen LogP contribution in [0, 0.1) is 5.82 Å². The highest BCUT2D eigenvalue weighted by atomic mass is 32.2. The highest BCUT2D eigenvalue weighted by molar-refractivity contribution is 8.00. The lowest BCUT2D eigenvalue weighted by molar-refractivity contribution is 0.568. The fourth-order valence-electron chi connectivity index (χ4n) is 1.62. The number of thioether (sulfide) groups is 1. The Bertz CT molecular complexity index is 318. The van der Waals surface area contributed by atoms with Crippen molar-refractivity contribution in [3.8, 4) is 0 Å². The second-order valence-corrected chi connectivity index (χ2v) is 5.06. The van der Waals surface area contributed by atoms with Crippen LogP contribution in [0.15, 0.2) is 18.3 Å². The normalized spacial score (nSPS) is 11.5. The van der Waals surface area contributed by atoms with E-state index >= 15 is 0 Å². The van der Waals surface area contributed by atoms with Crippen molar-refractivity contribution in [2.75, 3.05) is 18.1 Å². The Morgan fingerprint density at radius 2 is 2.12 bits per heavy atom. The third-order valence-electron chi connectivity index (χ3n) is 3.06. The van der Waals surface area contributed by atoms with Crippen LogP contribution >= 0.6 is 11.8 Å². The first-order valence-corrected chi connectivity index (χ1v) is 6.79. The lowest BCUT2D eigenvalue weighted by atomic mass is 10.0. The molecule has 0 aromatic carbocycles. The zero-order valence-electron chi connectivity index (χ0n) is 10.1. The smallest absolute Gasteiger partial charge is 0.165 e. The number of halogens is 1. The van der Waals surface area contributed by atoms with Gasteiger partial charge < -0.3 is 5.32 Å². The number of hydrogen-bond donors (Lipinski definition) is 1. The quantitative estimate of drug-likeness (QED) is 0.825. The zero-order valence-corrected chi connectivity index (χ0v) is 10.9. The molecule has 0 bridgehead atoms. The molecule has 1 aromatic rings. The summed E-state index contributed by atoms with van der Waals surface area (Å²) in [5.74, 6) is 0.0625. The van der Waals surface area contributed by atoms with E-state index in [0.717, 1.165) is 19.4 Å². The molecule has 0 unspecified atom stereocenters. The zero-order chi connectivity index (χ0) is 12.0. The van der Waals surface area contributed by atoms with E-state index in [4.69, 9.17) is 0 Å². The van der Waals surface area contributed by atoms with E-state index in [1.165, 1.54) is 6.07 Å². The maximum absolute atomic E-state index is 13.3. The maximum Gasteiger partial charge on any atom is 0.165 e. The van der Waals surface area contributed by atoms with E-state index < -0.39 is 0 Å². The Hall–Kier alpha value is -0.770. The summed E-state index contributed by atoms with van der Waals surface area (Å²) in [7, 11) is 0. The van der Waals surface area contributed by atoms with E-state index in [-0.39, 0.29) is 10.6 Å². The molecule has 0 saturated carbocycles. The van der Waals surface area contributed by atoms with Gasteiger partial charge in [0.25, 0.3) is 0 Å². The van der Waals surface area contributed by atoms with Crippen molar-refractivity contribution < 1.29 is 4.39 Å². The Morgan fingerprint density at radius 1 is 1.44 bits per heavy atom. The second-order valence-electron chi connectivity index (χ2n) is 3.78. The standard InChI is InChI=1S/C12H19FN2S/c1-4-12(5-2,16-3)9-15-11-10(13)7-6-8-14-11/h6-8H,4-5,9H2,1-3H3,(H,14,15). The lowest BCUT2D eigenvalue weighted by Crippen LogP contribution is -2.32. The molecule has 0 saturated heterocycles. The molecule has 16 heavy (non-hydrogen) atoms. The van der Waals surface area contributed by atoms with Crippen LogP contribution < -0.4 is 5.32 Å². The van der Waals surface area contributed by atoms with Crippen molar-refractivity contribution in [1.29, 1.82) is 0 Å². The van der Waals surface area contributed by atoms with Crippen LogP contribution in [-0.4, -0.2) is 22.5 Å². The van der Waals surface area contributed by atoms with E-state index in [9.17, 15) is 4.39 Å². The summed E-state index contributed by atoms with van der Waals surface area (Å²) in [6.07, 6.45) is 5.83. The average Bonchev–Trinajstić information content (AvgIpc) is 2.34. The van der Waals surface area contributed by atoms with Crippen LogP contribution in [0.5, 0.6) is 0 Å².